The van der Waals surface area contributed by atoms with Gasteiger partial charge in [0, 0.05) is 56.1 Å². The summed E-state index contributed by atoms with van der Waals surface area (Å²) in [6.45, 7) is 0.507. The lowest BCUT2D eigenvalue weighted by atomic mass is 10.1. The molecule has 0 bridgehead atoms. The van der Waals surface area contributed by atoms with E-state index in [1.54, 1.807) is 25.1 Å². The molecule has 0 aliphatic carbocycles. The van der Waals surface area contributed by atoms with Crippen molar-refractivity contribution in [1.82, 2.24) is 9.88 Å². The number of carbonyl (C=O) groups excluding carboxylic acids is 1. The highest BCUT2D eigenvalue weighted by molar-refractivity contribution is 5.95. The molecule has 0 atom stereocenters. The molecule has 2 aromatic rings. The number of amides is 1. The highest BCUT2D eigenvalue weighted by atomic mass is 16.2. The molecule has 0 aliphatic rings. The Labute approximate surface area is 140 Å². The van der Waals surface area contributed by atoms with Gasteiger partial charge < -0.3 is 27.1 Å². The quantitative estimate of drug-likeness (QED) is 0.601. The Balaban J connectivity index is 2.29. The predicted molar refractivity (Wildman–Crippen MR) is 98.9 cm³/mol. The van der Waals surface area contributed by atoms with Gasteiger partial charge in [0.05, 0.1) is 5.52 Å². The van der Waals surface area contributed by atoms with Crippen molar-refractivity contribution in [2.45, 2.75) is 6.42 Å². The summed E-state index contributed by atoms with van der Waals surface area (Å²) < 4.78 is 0. The van der Waals surface area contributed by atoms with Crippen LogP contribution in [0.3, 0.4) is 0 Å². The maximum atomic E-state index is 11.7. The molecule has 0 unspecified atom stereocenters. The summed E-state index contributed by atoms with van der Waals surface area (Å²) in [5, 5.41) is 11.2. The second-order valence-electron chi connectivity index (χ2n) is 5.58. The van der Waals surface area contributed by atoms with E-state index in [0.29, 0.717) is 30.0 Å². The lowest BCUT2D eigenvalue weighted by Gasteiger charge is -2.13. The van der Waals surface area contributed by atoms with Crippen LogP contribution in [-0.4, -0.2) is 42.6 Å². The van der Waals surface area contributed by atoms with Crippen molar-refractivity contribution < 1.29 is 4.79 Å². The fourth-order valence-corrected chi connectivity index (χ4v) is 2.29. The minimum absolute atomic E-state index is 0.0562. The zero-order valence-electron chi connectivity index (χ0n) is 13.8. The van der Waals surface area contributed by atoms with Gasteiger partial charge in [0.15, 0.2) is 0 Å². The number of benzene rings is 1. The number of nitrogen functional groups attached to an aromatic ring is 1. The van der Waals surface area contributed by atoms with Gasteiger partial charge in [-0.3, -0.25) is 4.79 Å². The monoisotopic (exact) mass is 326 g/mol. The Hall–Kier alpha value is -3.09. The second-order valence-corrected chi connectivity index (χ2v) is 5.58. The number of allylic oxidation sites excluding steroid dienone is 1. The van der Waals surface area contributed by atoms with E-state index in [4.69, 9.17) is 16.9 Å². The Morgan fingerprint density at radius 2 is 2.12 bits per heavy atom. The molecule has 1 aromatic carbocycles. The van der Waals surface area contributed by atoms with E-state index in [-0.39, 0.29) is 5.91 Å². The van der Waals surface area contributed by atoms with E-state index in [1.165, 1.54) is 6.08 Å². The lowest BCUT2D eigenvalue weighted by Crippen LogP contribution is -2.23. The van der Waals surface area contributed by atoms with Gasteiger partial charge in [-0.2, -0.15) is 0 Å². The first-order chi connectivity index (χ1) is 11.4. The highest BCUT2D eigenvalue weighted by Crippen LogP contribution is 2.26. The lowest BCUT2D eigenvalue weighted by molar-refractivity contribution is -0.128. The summed E-state index contributed by atoms with van der Waals surface area (Å²) in [5.74, 6) is 0.441. The molecule has 1 heterocycles. The summed E-state index contributed by atoms with van der Waals surface area (Å²) in [5.41, 5.74) is 14.6. The van der Waals surface area contributed by atoms with Crippen molar-refractivity contribution in [3.05, 3.63) is 35.9 Å². The van der Waals surface area contributed by atoms with Crippen molar-refractivity contribution in [2.75, 3.05) is 31.7 Å². The fraction of sp³-hybridized carbons (Fsp3) is 0.235. The maximum absolute atomic E-state index is 11.7. The minimum atomic E-state index is 0.0562. The van der Waals surface area contributed by atoms with Crippen LogP contribution in [0.5, 0.6) is 0 Å². The van der Waals surface area contributed by atoms with Crippen molar-refractivity contribution in [1.29, 1.82) is 5.41 Å². The first-order valence-corrected chi connectivity index (χ1v) is 7.53. The first kappa shape index (κ1) is 17.3. The zero-order chi connectivity index (χ0) is 17.7. The Bertz CT molecular complexity index is 797. The topological polar surface area (TPSA) is 121 Å². The number of rotatable bonds is 6. The number of aromatic nitrogens is 1. The third-order valence-corrected chi connectivity index (χ3v) is 3.58. The van der Waals surface area contributed by atoms with Crippen LogP contribution in [0.1, 0.15) is 12.0 Å². The molecule has 6 N–H and O–H groups in total. The third kappa shape index (κ3) is 4.01. The van der Waals surface area contributed by atoms with Crippen LogP contribution in [0.25, 0.3) is 16.6 Å². The molecule has 1 aromatic heterocycles. The minimum Gasteiger partial charge on any atom is -0.398 e. The van der Waals surface area contributed by atoms with Gasteiger partial charge in [0.2, 0.25) is 5.91 Å². The molecule has 0 saturated heterocycles. The predicted octanol–water partition coefficient (Wildman–Crippen LogP) is 1.66. The Morgan fingerprint density at radius 1 is 1.38 bits per heavy atom. The number of nitrogens with zero attached hydrogens (tertiary/aromatic N) is 2. The number of anilines is 2. The van der Waals surface area contributed by atoms with Gasteiger partial charge in [-0.25, -0.2) is 4.98 Å². The van der Waals surface area contributed by atoms with E-state index in [0.717, 1.165) is 22.9 Å². The molecule has 0 aliphatic heterocycles. The second kappa shape index (κ2) is 7.45. The van der Waals surface area contributed by atoms with Crippen molar-refractivity contribution in [3.63, 3.8) is 0 Å². The molecular weight excluding hydrogens is 304 g/mol. The van der Waals surface area contributed by atoms with Crippen molar-refractivity contribution >= 4 is 40.2 Å². The summed E-state index contributed by atoms with van der Waals surface area (Å²) in [4.78, 5) is 17.5. The van der Waals surface area contributed by atoms with Crippen molar-refractivity contribution in [3.8, 4) is 0 Å². The zero-order valence-corrected chi connectivity index (χ0v) is 13.8. The number of carbonyl (C=O) groups is 1. The molecule has 2 rings (SSSR count). The van der Waals surface area contributed by atoms with Gasteiger partial charge in [-0.1, -0.05) is 12.1 Å². The van der Waals surface area contributed by atoms with E-state index < -0.39 is 0 Å². The maximum Gasteiger partial charge on any atom is 0.223 e. The number of nitrogens with two attached hydrogens (primary N) is 2. The van der Waals surface area contributed by atoms with Crippen LogP contribution in [-0.2, 0) is 4.79 Å². The molecule has 0 radical (unpaired) electrons. The normalized spacial score (nSPS) is 11.3. The van der Waals surface area contributed by atoms with Gasteiger partial charge >= 0.3 is 0 Å². The molecule has 0 spiro atoms. The number of nitrogens with one attached hydrogen (secondary N) is 2. The van der Waals surface area contributed by atoms with E-state index in [9.17, 15) is 4.79 Å². The highest BCUT2D eigenvalue weighted by Gasteiger charge is 2.08. The third-order valence-electron chi connectivity index (χ3n) is 3.58. The molecule has 7 heteroatoms. The molecular formula is C17H22N6O. The standard InChI is InChI=1S/C17H22N6O/c1-23(2)17(24)6-8-21-14-10-16(20)22-15-9-11(3-4-12(14)15)13(19)5-7-18/h3-5,7,9-10,18H,6,8,19H2,1-2H3,(H3,20,21,22)/b13-5-,18-7?. The average molecular weight is 326 g/mol. The first-order valence-electron chi connectivity index (χ1n) is 7.53. The fourth-order valence-electron chi connectivity index (χ4n) is 2.29. The van der Waals surface area contributed by atoms with Crippen LogP contribution in [0.2, 0.25) is 0 Å². The van der Waals surface area contributed by atoms with Gasteiger partial charge in [0.1, 0.15) is 5.82 Å². The van der Waals surface area contributed by atoms with E-state index in [2.05, 4.69) is 10.3 Å². The SMILES string of the molecule is CN(C)C(=O)CCNc1cc(N)nc2cc(/C(N)=C/C=N)ccc12. The molecule has 1 amide bonds. The van der Waals surface area contributed by atoms with Crippen molar-refractivity contribution in [2.24, 2.45) is 5.73 Å². The van der Waals surface area contributed by atoms with Crippen LogP contribution in [0.15, 0.2) is 30.3 Å². The number of pyridine rings is 1. The van der Waals surface area contributed by atoms with Crippen LogP contribution < -0.4 is 16.8 Å². The largest absolute Gasteiger partial charge is 0.398 e. The number of fused-ring (bicyclic) bond motifs is 1. The summed E-state index contributed by atoms with van der Waals surface area (Å²) in [6.07, 6.45) is 3.05. The number of hydrogen-bond donors (Lipinski definition) is 4. The van der Waals surface area contributed by atoms with E-state index >= 15 is 0 Å². The van der Waals surface area contributed by atoms with E-state index in [1.807, 2.05) is 18.2 Å². The summed E-state index contributed by atoms with van der Waals surface area (Å²) in [7, 11) is 3.46. The average Bonchev–Trinajstić information content (AvgIpc) is 2.53. The number of hydrogen-bond acceptors (Lipinski definition) is 6. The van der Waals surface area contributed by atoms with Gasteiger partial charge in [-0.05, 0) is 17.7 Å². The van der Waals surface area contributed by atoms with Gasteiger partial charge in [-0.15, -0.1) is 0 Å². The van der Waals surface area contributed by atoms with Crippen LogP contribution in [0.4, 0.5) is 11.5 Å². The Kier molecular flexibility index (Phi) is 5.36. The molecule has 7 nitrogen and oxygen atoms in total. The van der Waals surface area contributed by atoms with Gasteiger partial charge in [0.25, 0.3) is 0 Å². The summed E-state index contributed by atoms with van der Waals surface area (Å²) >= 11 is 0. The summed E-state index contributed by atoms with van der Waals surface area (Å²) in [6, 6.07) is 7.35. The van der Waals surface area contributed by atoms with Crippen LogP contribution >= 0.6 is 0 Å². The molecule has 24 heavy (non-hydrogen) atoms. The smallest absolute Gasteiger partial charge is 0.223 e. The Morgan fingerprint density at radius 3 is 2.79 bits per heavy atom. The molecule has 0 saturated carbocycles. The van der Waals surface area contributed by atoms with Crippen LogP contribution in [0, 0.1) is 5.41 Å². The molecule has 0 fully saturated rings. The molecule has 126 valence electrons.